The van der Waals surface area contributed by atoms with Crippen molar-refractivity contribution in [1.29, 1.82) is 0 Å². The fourth-order valence-corrected chi connectivity index (χ4v) is 9.16. The Balaban J connectivity index is 0.709. The van der Waals surface area contributed by atoms with Gasteiger partial charge in [0.15, 0.2) is 5.13 Å². The number of benzene rings is 3. The van der Waals surface area contributed by atoms with Crippen molar-refractivity contribution in [1.82, 2.24) is 39.6 Å². The zero-order chi connectivity index (χ0) is 52.5. The third kappa shape index (κ3) is 20.7. The van der Waals surface area contributed by atoms with Crippen LogP contribution in [0.1, 0.15) is 68.6 Å². The Hall–Kier alpha value is -5.48. The van der Waals surface area contributed by atoms with Gasteiger partial charge in [0.05, 0.1) is 76.6 Å². The number of rotatable bonds is 32. The summed E-state index contributed by atoms with van der Waals surface area (Å²) in [7, 11) is 4.16. The number of halogens is 1. The Morgan fingerprint density at radius 2 is 1.42 bits per heavy atom. The first-order valence-corrected chi connectivity index (χ1v) is 27.4. The van der Waals surface area contributed by atoms with E-state index < -0.39 is 6.03 Å². The minimum atomic E-state index is -0.421. The molecule has 6 rings (SSSR count). The number of aromatic nitrogens is 4. The van der Waals surface area contributed by atoms with Crippen LogP contribution in [-0.4, -0.2) is 170 Å². The van der Waals surface area contributed by atoms with E-state index in [0.29, 0.717) is 101 Å². The van der Waals surface area contributed by atoms with Crippen molar-refractivity contribution in [2.24, 2.45) is 0 Å². The maximum atomic E-state index is 13.3. The van der Waals surface area contributed by atoms with Gasteiger partial charge in [-0.15, -0.1) is 16.4 Å². The molecule has 0 bridgehead atoms. The Morgan fingerprint density at radius 3 is 2.15 bits per heavy atom. The highest BCUT2D eigenvalue weighted by Crippen LogP contribution is 2.26. The van der Waals surface area contributed by atoms with Gasteiger partial charge in [-0.2, -0.15) is 0 Å². The van der Waals surface area contributed by atoms with E-state index in [1.165, 1.54) is 11.3 Å². The van der Waals surface area contributed by atoms with Gasteiger partial charge in [0, 0.05) is 73.3 Å². The van der Waals surface area contributed by atoms with Crippen molar-refractivity contribution in [3.8, 4) is 11.5 Å². The fraction of sp³-hybridized carbons (Fsp3) is 0.519. The number of ether oxygens (including phenoxy) is 5. The average Bonchev–Trinajstić information content (AvgIpc) is 4.04. The molecule has 0 radical (unpaired) electrons. The number of thiazole rings is 1. The number of nitrogens with one attached hydrogen (secondary N) is 2. The summed E-state index contributed by atoms with van der Waals surface area (Å²) < 4.78 is 31.9. The van der Waals surface area contributed by atoms with Crippen LogP contribution >= 0.6 is 27.3 Å². The number of carbonyl (C=O) groups excluding carboxylic acids is 3. The number of nitrogens with zero attached hydrogens (tertiary/aromatic N) is 8. The van der Waals surface area contributed by atoms with Gasteiger partial charge >= 0.3 is 6.03 Å². The molecule has 1 unspecified atom stereocenters. The summed E-state index contributed by atoms with van der Waals surface area (Å²) in [5.41, 5.74) is 4.35. The summed E-state index contributed by atoms with van der Waals surface area (Å²) in [4.78, 5) is 51.2. The maximum Gasteiger partial charge on any atom is 0.325 e. The van der Waals surface area contributed by atoms with Crippen molar-refractivity contribution in [2.45, 2.75) is 77.9 Å². The smallest absolute Gasteiger partial charge is 0.325 e. The van der Waals surface area contributed by atoms with E-state index in [4.69, 9.17) is 23.7 Å². The lowest BCUT2D eigenvalue weighted by atomic mass is 10.0. The predicted molar refractivity (Wildman–Crippen MR) is 292 cm³/mol. The molecule has 0 spiro atoms. The number of likely N-dealkylation sites (N-methyl/N-ethyl adjacent to an activating group) is 2. The van der Waals surface area contributed by atoms with Gasteiger partial charge in [-0.3, -0.25) is 14.9 Å². The van der Waals surface area contributed by atoms with Crippen molar-refractivity contribution < 1.29 is 38.1 Å². The molecule has 2 aromatic heterocycles. The lowest BCUT2D eigenvalue weighted by molar-refractivity contribution is -0.135. The minimum Gasteiger partial charge on any atom is -0.494 e. The van der Waals surface area contributed by atoms with Crippen molar-refractivity contribution in [3.63, 3.8) is 0 Å². The molecular formula is C54H75BrN10O8S. The quantitative estimate of drug-likeness (QED) is 0.0399. The number of urea groups is 1. The second-order valence-corrected chi connectivity index (χ2v) is 20.4. The molecule has 1 fully saturated rings. The van der Waals surface area contributed by atoms with Crippen LogP contribution in [0.4, 0.5) is 15.6 Å². The molecule has 3 heterocycles. The topological polar surface area (TPSA) is 178 Å². The molecule has 4 amide bonds. The molecule has 74 heavy (non-hydrogen) atoms. The predicted octanol–water partition coefficient (Wildman–Crippen LogP) is 7.85. The minimum absolute atomic E-state index is 0.00552. The number of anilines is 2. The van der Waals surface area contributed by atoms with E-state index in [1.54, 1.807) is 34.3 Å². The van der Waals surface area contributed by atoms with E-state index in [0.717, 1.165) is 79.2 Å². The molecule has 3 aromatic carbocycles. The normalized spacial score (nSPS) is 13.3. The second-order valence-electron chi connectivity index (χ2n) is 18.6. The largest absolute Gasteiger partial charge is 0.494 e. The average molecular weight is 1100 g/mol. The molecule has 1 aliphatic rings. The van der Waals surface area contributed by atoms with Crippen LogP contribution in [0, 0.1) is 0 Å². The lowest BCUT2D eigenvalue weighted by Crippen LogP contribution is -2.47. The highest BCUT2D eigenvalue weighted by molar-refractivity contribution is 9.10. The second kappa shape index (κ2) is 31.4. The van der Waals surface area contributed by atoms with E-state index in [1.807, 2.05) is 40.3 Å². The van der Waals surface area contributed by atoms with Crippen LogP contribution in [-0.2, 0) is 49.6 Å². The van der Waals surface area contributed by atoms with Gasteiger partial charge in [0.1, 0.15) is 18.1 Å². The van der Waals surface area contributed by atoms with Crippen LogP contribution in [0.2, 0.25) is 0 Å². The maximum absolute atomic E-state index is 13.3. The van der Waals surface area contributed by atoms with Crippen LogP contribution < -0.4 is 20.1 Å². The summed E-state index contributed by atoms with van der Waals surface area (Å²) >= 11 is 4.79. The Morgan fingerprint density at radius 1 is 0.743 bits per heavy atom. The summed E-state index contributed by atoms with van der Waals surface area (Å²) in [6.07, 6.45) is 5.92. The van der Waals surface area contributed by atoms with E-state index in [9.17, 15) is 14.4 Å². The molecule has 402 valence electrons. The molecule has 5 aromatic rings. The monoisotopic (exact) mass is 1100 g/mol. The number of piperazine rings is 1. The van der Waals surface area contributed by atoms with Gasteiger partial charge in [-0.1, -0.05) is 45.4 Å². The third-order valence-electron chi connectivity index (χ3n) is 12.5. The molecule has 0 saturated carbocycles. The molecular weight excluding hydrogens is 1030 g/mol. The zero-order valence-electron chi connectivity index (χ0n) is 43.7. The Labute approximate surface area is 449 Å². The van der Waals surface area contributed by atoms with Gasteiger partial charge in [-0.05, 0) is 120 Å². The third-order valence-corrected chi connectivity index (χ3v) is 13.8. The molecule has 18 nitrogen and oxygen atoms in total. The molecule has 2 N–H and O–H groups in total. The highest BCUT2D eigenvalue weighted by atomic mass is 79.9. The number of carbonyl (C=O) groups is 3. The summed E-state index contributed by atoms with van der Waals surface area (Å²) in [5, 5.41) is 16.2. The molecule has 1 saturated heterocycles. The Kier molecular flexibility index (Phi) is 24.5. The Bertz CT molecular complexity index is 2420. The van der Waals surface area contributed by atoms with Crippen LogP contribution in [0.5, 0.6) is 11.5 Å². The van der Waals surface area contributed by atoms with Crippen molar-refractivity contribution in [3.05, 3.63) is 111 Å². The number of hydrogen-bond acceptors (Lipinski definition) is 14. The van der Waals surface area contributed by atoms with Crippen molar-refractivity contribution in [2.75, 3.05) is 117 Å². The van der Waals surface area contributed by atoms with Gasteiger partial charge in [0.2, 0.25) is 11.8 Å². The number of unbranched alkanes of at least 4 members (excludes halogenated alkanes) is 1. The molecule has 20 heteroatoms. The van der Waals surface area contributed by atoms with E-state index >= 15 is 0 Å². The zero-order valence-corrected chi connectivity index (χ0v) is 46.1. The first-order valence-electron chi connectivity index (χ1n) is 25.7. The van der Waals surface area contributed by atoms with Gasteiger partial charge in [0.25, 0.3) is 0 Å². The molecule has 1 atom stereocenters. The summed E-state index contributed by atoms with van der Waals surface area (Å²) in [6.45, 7) is 15.9. The van der Waals surface area contributed by atoms with E-state index in [-0.39, 0.29) is 30.3 Å². The van der Waals surface area contributed by atoms with Crippen LogP contribution in [0.3, 0.4) is 0 Å². The highest BCUT2D eigenvalue weighted by Gasteiger charge is 2.24. The number of amides is 4. The standard InChI is InChI=1S/C54H75BrN10O8S/c1-41(2)65(42(3)44-11-13-45(55)14-12-44)51(66)21-10-43-8-17-49(18-9-43)72-30-7-6-23-61(4)28-32-70-35-34-69-31-22-47-39-64(60-59-47)29-33-71-36-37-73-50-19-15-46(16-20-50)56-53(68)58-54-57-48(40-74-54)38-52(67)63-26-24-62(5)25-27-63/h8-9,11-20,39-42H,6-7,10,21-38H2,1-5H3,(H2,56,57,58,68). The number of aryl methyl sites for hydroxylation is 1. The van der Waals surface area contributed by atoms with Crippen molar-refractivity contribution >= 4 is 55.9 Å². The van der Waals surface area contributed by atoms with Gasteiger partial charge < -0.3 is 48.6 Å². The van der Waals surface area contributed by atoms with E-state index in [2.05, 4.69) is 111 Å². The fourth-order valence-electron chi connectivity index (χ4n) is 8.19. The SMILES string of the molecule is CC(C)N(C(=O)CCc1ccc(OCCCCN(C)CCOCCOCCc2cn(CCOCCOc3ccc(NC(=O)Nc4nc(CC(=O)N5CCN(C)CC5)cs4)cc3)nn2)cc1)C(C)c1ccc(Br)cc1. The first kappa shape index (κ1) is 57.8. The van der Waals surface area contributed by atoms with Crippen LogP contribution in [0.15, 0.2) is 88.8 Å². The first-order chi connectivity index (χ1) is 35.9. The summed E-state index contributed by atoms with van der Waals surface area (Å²) in [5.74, 6) is 1.71. The number of hydrogen-bond donors (Lipinski definition) is 2. The lowest BCUT2D eigenvalue weighted by Gasteiger charge is -2.33. The van der Waals surface area contributed by atoms with Gasteiger partial charge in [-0.25, -0.2) is 14.5 Å². The van der Waals surface area contributed by atoms with Crippen LogP contribution in [0.25, 0.3) is 0 Å². The summed E-state index contributed by atoms with van der Waals surface area (Å²) in [6, 6.07) is 23.1. The molecule has 0 aliphatic carbocycles. The molecule has 1 aliphatic heterocycles.